The molecule has 0 radical (unpaired) electrons. The third-order valence-corrected chi connectivity index (χ3v) is 5.63. The number of benzene rings is 1. The van der Waals surface area contributed by atoms with Crippen molar-refractivity contribution in [1.29, 1.82) is 0 Å². The number of carboxylic acid groups (broad SMARTS) is 1. The SMILES string of the molecule is O=C(O)[C@H]1CCCCN1C(=O)CCN1C(=O)S/C(=C\c2ccccc2F)C1=O. The molecule has 1 atom stereocenters. The Morgan fingerprint density at radius 3 is 2.71 bits per heavy atom. The zero-order valence-corrected chi connectivity index (χ0v) is 15.8. The number of amides is 3. The van der Waals surface area contributed by atoms with Gasteiger partial charge in [0, 0.05) is 25.1 Å². The first-order valence-electron chi connectivity index (χ1n) is 8.90. The van der Waals surface area contributed by atoms with E-state index in [1.807, 2.05) is 0 Å². The molecule has 0 aliphatic carbocycles. The van der Waals surface area contributed by atoms with Crippen molar-refractivity contribution in [2.45, 2.75) is 31.7 Å². The molecule has 0 aromatic heterocycles. The number of rotatable bonds is 5. The number of thioether (sulfide) groups is 1. The number of nitrogens with zero attached hydrogens (tertiary/aromatic N) is 2. The van der Waals surface area contributed by atoms with Crippen LogP contribution in [-0.2, 0) is 14.4 Å². The molecule has 0 saturated carbocycles. The Labute approximate surface area is 165 Å². The van der Waals surface area contributed by atoms with Crippen molar-refractivity contribution in [1.82, 2.24) is 9.80 Å². The van der Waals surface area contributed by atoms with E-state index >= 15 is 0 Å². The second kappa shape index (κ2) is 8.55. The summed E-state index contributed by atoms with van der Waals surface area (Å²) in [7, 11) is 0. The number of imide groups is 1. The summed E-state index contributed by atoms with van der Waals surface area (Å²) in [5, 5.41) is 8.73. The highest BCUT2D eigenvalue weighted by Crippen LogP contribution is 2.32. The Morgan fingerprint density at radius 1 is 1.25 bits per heavy atom. The summed E-state index contributed by atoms with van der Waals surface area (Å²) in [5.74, 6) is -2.54. The van der Waals surface area contributed by atoms with E-state index in [1.165, 1.54) is 29.2 Å². The average molecular weight is 406 g/mol. The lowest BCUT2D eigenvalue weighted by molar-refractivity contribution is -0.152. The van der Waals surface area contributed by atoms with Crippen LogP contribution in [0.25, 0.3) is 6.08 Å². The molecule has 1 aromatic rings. The van der Waals surface area contributed by atoms with Gasteiger partial charge in [-0.05, 0) is 43.2 Å². The Kier molecular flexibility index (Phi) is 6.13. The summed E-state index contributed by atoms with van der Waals surface area (Å²) in [5.41, 5.74) is 0.196. The van der Waals surface area contributed by atoms with E-state index in [9.17, 15) is 28.7 Å². The molecule has 0 unspecified atom stereocenters. The zero-order chi connectivity index (χ0) is 20.3. The largest absolute Gasteiger partial charge is 0.480 e. The van der Waals surface area contributed by atoms with Gasteiger partial charge < -0.3 is 10.0 Å². The molecule has 2 fully saturated rings. The van der Waals surface area contributed by atoms with Crippen LogP contribution in [0.2, 0.25) is 0 Å². The van der Waals surface area contributed by atoms with Gasteiger partial charge in [-0.3, -0.25) is 19.3 Å². The van der Waals surface area contributed by atoms with Crippen molar-refractivity contribution in [3.8, 4) is 0 Å². The molecular formula is C19H19FN2O5S. The van der Waals surface area contributed by atoms with Crippen LogP contribution in [0.1, 0.15) is 31.2 Å². The van der Waals surface area contributed by atoms with Crippen molar-refractivity contribution in [3.63, 3.8) is 0 Å². The normalized spacial score (nSPS) is 21.5. The van der Waals surface area contributed by atoms with Crippen molar-refractivity contribution in [2.75, 3.05) is 13.1 Å². The lowest BCUT2D eigenvalue weighted by Crippen LogP contribution is -2.48. The Bertz CT molecular complexity index is 856. The van der Waals surface area contributed by atoms with Crippen LogP contribution in [0.4, 0.5) is 9.18 Å². The van der Waals surface area contributed by atoms with Crippen LogP contribution in [0.3, 0.4) is 0 Å². The van der Waals surface area contributed by atoms with Crippen LogP contribution in [0.15, 0.2) is 29.2 Å². The summed E-state index contributed by atoms with van der Waals surface area (Å²) in [6.45, 7) is 0.214. The molecule has 3 amide bonds. The van der Waals surface area contributed by atoms with E-state index in [2.05, 4.69) is 0 Å². The van der Waals surface area contributed by atoms with Gasteiger partial charge >= 0.3 is 5.97 Å². The first-order chi connectivity index (χ1) is 13.4. The average Bonchev–Trinajstić information content (AvgIpc) is 2.94. The van der Waals surface area contributed by atoms with Gasteiger partial charge in [0.1, 0.15) is 11.9 Å². The van der Waals surface area contributed by atoms with Gasteiger partial charge in [-0.2, -0.15) is 0 Å². The second-order valence-corrected chi connectivity index (χ2v) is 7.54. The number of hydrogen-bond donors (Lipinski definition) is 1. The van der Waals surface area contributed by atoms with Crippen molar-refractivity contribution in [2.24, 2.45) is 0 Å². The predicted molar refractivity (Wildman–Crippen MR) is 101 cm³/mol. The molecule has 7 nitrogen and oxygen atoms in total. The van der Waals surface area contributed by atoms with Crippen LogP contribution in [-0.4, -0.2) is 57.1 Å². The molecule has 3 rings (SSSR count). The van der Waals surface area contributed by atoms with Gasteiger partial charge in [0.2, 0.25) is 5.91 Å². The quantitative estimate of drug-likeness (QED) is 0.756. The van der Waals surface area contributed by atoms with Crippen molar-refractivity contribution >= 4 is 40.9 Å². The smallest absolute Gasteiger partial charge is 0.326 e. The molecule has 9 heteroatoms. The molecule has 148 valence electrons. The predicted octanol–water partition coefficient (Wildman–Crippen LogP) is 2.72. The molecule has 2 heterocycles. The number of halogens is 1. The molecule has 1 aromatic carbocycles. The van der Waals surface area contributed by atoms with Crippen molar-refractivity contribution < 1.29 is 28.7 Å². The maximum absolute atomic E-state index is 13.8. The maximum Gasteiger partial charge on any atom is 0.326 e. The van der Waals surface area contributed by atoms with E-state index in [-0.39, 0.29) is 23.4 Å². The lowest BCUT2D eigenvalue weighted by atomic mass is 10.0. The number of carbonyl (C=O) groups is 4. The van der Waals surface area contributed by atoms with Gasteiger partial charge in [0.15, 0.2) is 0 Å². The number of aliphatic carboxylic acids is 1. The molecular weight excluding hydrogens is 387 g/mol. The van der Waals surface area contributed by atoms with Gasteiger partial charge in [0.05, 0.1) is 4.91 Å². The Morgan fingerprint density at radius 2 is 2.00 bits per heavy atom. The van der Waals surface area contributed by atoms with E-state index in [0.29, 0.717) is 24.7 Å². The minimum absolute atomic E-state index is 0.0870. The van der Waals surface area contributed by atoms with Gasteiger partial charge in [0.25, 0.3) is 11.1 Å². The molecule has 0 bridgehead atoms. The highest BCUT2D eigenvalue weighted by Gasteiger charge is 2.37. The fourth-order valence-corrected chi connectivity index (χ4v) is 4.12. The van der Waals surface area contributed by atoms with E-state index < -0.39 is 34.9 Å². The monoisotopic (exact) mass is 406 g/mol. The Balaban J connectivity index is 1.65. The number of hydrogen-bond acceptors (Lipinski definition) is 5. The number of carboxylic acids is 1. The van der Waals surface area contributed by atoms with Crippen molar-refractivity contribution in [3.05, 3.63) is 40.6 Å². The maximum atomic E-state index is 13.8. The molecule has 2 aliphatic rings. The fraction of sp³-hybridized carbons (Fsp3) is 0.368. The molecule has 2 saturated heterocycles. The van der Waals surface area contributed by atoms with E-state index in [0.717, 1.165) is 17.7 Å². The molecule has 28 heavy (non-hydrogen) atoms. The fourth-order valence-electron chi connectivity index (χ4n) is 3.26. The molecule has 2 aliphatic heterocycles. The van der Waals surface area contributed by atoms with Crippen LogP contribution < -0.4 is 0 Å². The third kappa shape index (κ3) is 4.24. The van der Waals surface area contributed by atoms with E-state index in [1.54, 1.807) is 6.07 Å². The summed E-state index contributed by atoms with van der Waals surface area (Å²) in [6, 6.07) is 5.03. The van der Waals surface area contributed by atoms with Gasteiger partial charge in [-0.25, -0.2) is 9.18 Å². The van der Waals surface area contributed by atoms with Crippen LogP contribution in [0.5, 0.6) is 0 Å². The number of piperidine rings is 1. The topological polar surface area (TPSA) is 95.0 Å². The summed E-state index contributed by atoms with van der Waals surface area (Å²) in [6.07, 6.45) is 3.03. The highest BCUT2D eigenvalue weighted by molar-refractivity contribution is 8.18. The van der Waals surface area contributed by atoms with Crippen LogP contribution in [0, 0.1) is 5.82 Å². The lowest BCUT2D eigenvalue weighted by Gasteiger charge is -2.33. The standard InChI is InChI=1S/C19H19FN2O5S/c20-13-6-2-1-5-12(13)11-15-17(24)22(19(27)28-15)10-8-16(23)21-9-4-3-7-14(21)18(25)26/h1-2,5-6,11,14H,3-4,7-10H2,(H,25,26)/b15-11-/t14-/m1/s1. The highest BCUT2D eigenvalue weighted by atomic mass is 32.2. The zero-order valence-electron chi connectivity index (χ0n) is 15.0. The summed E-state index contributed by atoms with van der Waals surface area (Å²) in [4.78, 5) is 50.7. The Hall–Kier alpha value is -2.68. The minimum Gasteiger partial charge on any atom is -0.480 e. The first-order valence-corrected chi connectivity index (χ1v) is 9.72. The third-order valence-electron chi connectivity index (χ3n) is 4.72. The van der Waals surface area contributed by atoms with Gasteiger partial charge in [-0.15, -0.1) is 0 Å². The molecule has 0 spiro atoms. The number of likely N-dealkylation sites (tertiary alicyclic amines) is 1. The first kappa shape index (κ1) is 20.1. The molecule has 1 N–H and O–H groups in total. The number of carbonyl (C=O) groups excluding carboxylic acids is 3. The van der Waals surface area contributed by atoms with Gasteiger partial charge in [-0.1, -0.05) is 18.2 Å². The summed E-state index contributed by atoms with van der Waals surface area (Å²) >= 11 is 0.691. The minimum atomic E-state index is -1.05. The van der Waals surface area contributed by atoms with Crippen LogP contribution >= 0.6 is 11.8 Å². The van der Waals surface area contributed by atoms with E-state index in [4.69, 9.17) is 0 Å². The summed E-state index contributed by atoms with van der Waals surface area (Å²) < 4.78 is 13.8. The second-order valence-electron chi connectivity index (χ2n) is 6.54.